The van der Waals surface area contributed by atoms with Crippen molar-refractivity contribution in [1.29, 1.82) is 0 Å². The summed E-state index contributed by atoms with van der Waals surface area (Å²) in [4.78, 5) is 12.1. The second-order valence-corrected chi connectivity index (χ2v) is 5.09. The molecule has 1 aromatic carbocycles. The zero-order valence-corrected chi connectivity index (χ0v) is 13.4. The van der Waals surface area contributed by atoms with Gasteiger partial charge in [-0.3, -0.25) is 0 Å². The summed E-state index contributed by atoms with van der Waals surface area (Å²) in [7, 11) is 0. The molecule has 0 aliphatic heterocycles. The van der Waals surface area contributed by atoms with Gasteiger partial charge in [0.15, 0.2) is 0 Å². The first-order valence-electron chi connectivity index (χ1n) is 6.74. The molecule has 0 aliphatic rings. The Morgan fingerprint density at radius 1 is 1.14 bits per heavy atom. The topological polar surface area (TPSA) is 59.9 Å². The summed E-state index contributed by atoms with van der Waals surface area (Å²) >= 11 is 12.0. The molecular weight excluding hydrogens is 311 g/mol. The van der Waals surface area contributed by atoms with Crippen molar-refractivity contribution in [1.82, 2.24) is 15.0 Å². The van der Waals surface area contributed by atoms with E-state index < -0.39 is 0 Å². The number of nitrogens with one attached hydrogen (secondary N) is 1. The highest BCUT2D eigenvalue weighted by atomic mass is 35.5. The molecule has 7 heteroatoms. The van der Waals surface area contributed by atoms with Gasteiger partial charge in [0.25, 0.3) is 0 Å². The standard InChI is InChI=1S/C14H16Cl2N4O/c1-3-7-17-13-18-12(16)19-14(20-13)21-10-5-6-11(15)9(4-2)8-10/h5-6,8H,3-4,7H2,1-2H3,(H,17,18,19,20). The highest BCUT2D eigenvalue weighted by Gasteiger charge is 2.08. The molecule has 0 amide bonds. The number of nitrogens with zero attached hydrogens (tertiary/aromatic N) is 3. The van der Waals surface area contributed by atoms with Gasteiger partial charge < -0.3 is 10.1 Å². The summed E-state index contributed by atoms with van der Waals surface area (Å²) < 4.78 is 5.63. The van der Waals surface area contributed by atoms with E-state index >= 15 is 0 Å². The summed E-state index contributed by atoms with van der Waals surface area (Å²) in [5, 5.41) is 3.84. The Hall–Kier alpha value is -1.59. The van der Waals surface area contributed by atoms with Gasteiger partial charge in [-0.2, -0.15) is 15.0 Å². The fourth-order valence-electron chi connectivity index (χ4n) is 1.68. The predicted octanol–water partition coefficient (Wildman–Crippen LogP) is 4.36. The molecule has 112 valence electrons. The quantitative estimate of drug-likeness (QED) is 0.854. The maximum Gasteiger partial charge on any atom is 0.328 e. The van der Waals surface area contributed by atoms with Crippen LogP contribution in [0.2, 0.25) is 10.3 Å². The first-order chi connectivity index (χ1) is 10.1. The van der Waals surface area contributed by atoms with Crippen LogP contribution in [-0.2, 0) is 6.42 Å². The van der Waals surface area contributed by atoms with Crippen LogP contribution in [0.5, 0.6) is 11.8 Å². The van der Waals surface area contributed by atoms with E-state index in [2.05, 4.69) is 20.3 Å². The lowest BCUT2D eigenvalue weighted by Crippen LogP contribution is -2.06. The van der Waals surface area contributed by atoms with E-state index in [4.69, 9.17) is 27.9 Å². The van der Waals surface area contributed by atoms with Gasteiger partial charge in [-0.1, -0.05) is 25.4 Å². The second kappa shape index (κ2) is 7.43. The van der Waals surface area contributed by atoms with Gasteiger partial charge in [-0.15, -0.1) is 0 Å². The van der Waals surface area contributed by atoms with Gasteiger partial charge in [0.2, 0.25) is 11.2 Å². The van der Waals surface area contributed by atoms with Gasteiger partial charge in [0.1, 0.15) is 5.75 Å². The molecule has 0 saturated carbocycles. The van der Waals surface area contributed by atoms with Gasteiger partial charge in [-0.05, 0) is 48.2 Å². The van der Waals surface area contributed by atoms with Crippen LogP contribution in [0.3, 0.4) is 0 Å². The van der Waals surface area contributed by atoms with E-state index in [1.165, 1.54) is 0 Å². The van der Waals surface area contributed by atoms with Crippen LogP contribution >= 0.6 is 23.2 Å². The highest BCUT2D eigenvalue weighted by Crippen LogP contribution is 2.25. The summed E-state index contributed by atoms with van der Waals surface area (Å²) in [6.07, 6.45) is 1.77. The van der Waals surface area contributed by atoms with Gasteiger partial charge >= 0.3 is 6.01 Å². The lowest BCUT2D eigenvalue weighted by molar-refractivity contribution is 0.440. The monoisotopic (exact) mass is 326 g/mol. The molecule has 0 atom stereocenters. The molecule has 0 unspecified atom stereocenters. The first-order valence-corrected chi connectivity index (χ1v) is 7.49. The van der Waals surface area contributed by atoms with Crippen molar-refractivity contribution in [2.75, 3.05) is 11.9 Å². The van der Waals surface area contributed by atoms with Crippen molar-refractivity contribution in [2.45, 2.75) is 26.7 Å². The highest BCUT2D eigenvalue weighted by molar-refractivity contribution is 6.31. The van der Waals surface area contributed by atoms with Crippen molar-refractivity contribution in [3.8, 4) is 11.8 Å². The fourth-order valence-corrected chi connectivity index (χ4v) is 2.09. The molecule has 0 spiro atoms. The maximum atomic E-state index is 6.08. The molecule has 5 nitrogen and oxygen atoms in total. The number of benzene rings is 1. The number of hydrogen-bond acceptors (Lipinski definition) is 5. The van der Waals surface area contributed by atoms with Crippen LogP contribution in [0.15, 0.2) is 18.2 Å². The molecule has 1 N–H and O–H groups in total. The molecule has 0 fully saturated rings. The Kier molecular flexibility index (Phi) is 5.59. The zero-order chi connectivity index (χ0) is 15.2. The normalized spacial score (nSPS) is 10.5. The lowest BCUT2D eigenvalue weighted by atomic mass is 10.1. The summed E-state index contributed by atoms with van der Waals surface area (Å²) in [5.74, 6) is 1.01. The molecule has 0 radical (unpaired) electrons. The Morgan fingerprint density at radius 2 is 1.95 bits per heavy atom. The van der Waals surface area contributed by atoms with E-state index in [1.54, 1.807) is 12.1 Å². The first kappa shape index (κ1) is 15.8. The molecule has 1 heterocycles. The van der Waals surface area contributed by atoms with E-state index in [-0.39, 0.29) is 11.3 Å². The smallest absolute Gasteiger partial charge is 0.328 e. The third-order valence-corrected chi connectivity index (χ3v) is 3.27. The number of halogens is 2. The third kappa shape index (κ3) is 4.44. The predicted molar refractivity (Wildman–Crippen MR) is 84.5 cm³/mol. The fraction of sp³-hybridized carbons (Fsp3) is 0.357. The Labute approximate surface area is 133 Å². The van der Waals surface area contributed by atoms with E-state index in [0.29, 0.717) is 16.7 Å². The van der Waals surface area contributed by atoms with Gasteiger partial charge in [-0.25, -0.2) is 0 Å². The Morgan fingerprint density at radius 3 is 2.67 bits per heavy atom. The SMILES string of the molecule is CCCNc1nc(Cl)nc(Oc2ccc(Cl)c(CC)c2)n1. The Balaban J connectivity index is 2.20. The maximum absolute atomic E-state index is 6.08. The number of hydrogen-bond donors (Lipinski definition) is 1. The molecule has 0 saturated heterocycles. The average molecular weight is 327 g/mol. The number of anilines is 1. The minimum atomic E-state index is 0.0864. The third-order valence-electron chi connectivity index (χ3n) is 2.73. The molecular formula is C14H16Cl2N4O. The minimum Gasteiger partial charge on any atom is -0.424 e. The van der Waals surface area contributed by atoms with Crippen molar-refractivity contribution < 1.29 is 4.74 Å². The van der Waals surface area contributed by atoms with Crippen LogP contribution in [-0.4, -0.2) is 21.5 Å². The van der Waals surface area contributed by atoms with E-state index in [1.807, 2.05) is 19.9 Å². The second-order valence-electron chi connectivity index (χ2n) is 4.35. The van der Waals surface area contributed by atoms with Crippen molar-refractivity contribution in [3.63, 3.8) is 0 Å². The van der Waals surface area contributed by atoms with Crippen LogP contribution in [0.1, 0.15) is 25.8 Å². The molecule has 0 aliphatic carbocycles. The van der Waals surface area contributed by atoms with Crippen LogP contribution in [0, 0.1) is 0 Å². The van der Waals surface area contributed by atoms with E-state index in [9.17, 15) is 0 Å². The van der Waals surface area contributed by atoms with Crippen molar-refractivity contribution >= 4 is 29.2 Å². The van der Waals surface area contributed by atoms with Crippen LogP contribution in [0.25, 0.3) is 0 Å². The zero-order valence-electron chi connectivity index (χ0n) is 11.9. The number of aryl methyl sites for hydroxylation is 1. The van der Waals surface area contributed by atoms with Crippen molar-refractivity contribution in [3.05, 3.63) is 34.1 Å². The molecule has 2 rings (SSSR count). The van der Waals surface area contributed by atoms with Gasteiger partial charge in [0.05, 0.1) is 0 Å². The lowest BCUT2D eigenvalue weighted by Gasteiger charge is -2.08. The van der Waals surface area contributed by atoms with Crippen LogP contribution < -0.4 is 10.1 Å². The van der Waals surface area contributed by atoms with Gasteiger partial charge in [0, 0.05) is 11.6 Å². The number of aromatic nitrogens is 3. The summed E-state index contributed by atoms with van der Waals surface area (Å²) in [6.45, 7) is 4.82. The Bertz CT molecular complexity index is 622. The van der Waals surface area contributed by atoms with E-state index in [0.717, 1.165) is 24.9 Å². The molecule has 2 aromatic rings. The molecule has 21 heavy (non-hydrogen) atoms. The largest absolute Gasteiger partial charge is 0.424 e. The average Bonchev–Trinajstić information content (AvgIpc) is 2.46. The number of ether oxygens (including phenoxy) is 1. The van der Waals surface area contributed by atoms with Crippen LogP contribution in [0.4, 0.5) is 5.95 Å². The molecule has 1 aromatic heterocycles. The number of rotatable bonds is 6. The van der Waals surface area contributed by atoms with Crippen molar-refractivity contribution in [2.24, 2.45) is 0 Å². The minimum absolute atomic E-state index is 0.0864. The summed E-state index contributed by atoms with van der Waals surface area (Å²) in [6, 6.07) is 5.56. The summed E-state index contributed by atoms with van der Waals surface area (Å²) in [5.41, 5.74) is 0.999. The molecule has 0 bridgehead atoms.